The van der Waals surface area contributed by atoms with Crippen LogP contribution in [0.15, 0.2) is 12.7 Å². The standard InChI is InChI=1S/C14H25N3O2/c1-3-4-5-6-7-10-16(2)13(18)14(19)17-11-8-15-9-12-17/h3,15H,1,4-12H2,2H3. The van der Waals surface area contributed by atoms with Gasteiger partial charge in [0.25, 0.3) is 0 Å². The van der Waals surface area contributed by atoms with E-state index in [0.29, 0.717) is 19.6 Å². The van der Waals surface area contributed by atoms with Gasteiger partial charge in [0.15, 0.2) is 0 Å². The van der Waals surface area contributed by atoms with Gasteiger partial charge in [0.2, 0.25) is 0 Å². The molecule has 5 nitrogen and oxygen atoms in total. The summed E-state index contributed by atoms with van der Waals surface area (Å²) < 4.78 is 0. The molecule has 0 atom stereocenters. The van der Waals surface area contributed by atoms with E-state index >= 15 is 0 Å². The van der Waals surface area contributed by atoms with E-state index in [2.05, 4.69) is 11.9 Å². The number of nitrogens with zero attached hydrogens (tertiary/aromatic N) is 2. The second-order valence-corrected chi connectivity index (χ2v) is 4.91. The van der Waals surface area contributed by atoms with Crippen molar-refractivity contribution in [3.05, 3.63) is 12.7 Å². The first-order valence-corrected chi connectivity index (χ1v) is 7.02. The van der Waals surface area contributed by atoms with Crippen LogP contribution in [-0.4, -0.2) is 61.4 Å². The Balaban J connectivity index is 2.26. The molecular formula is C14H25N3O2. The minimum atomic E-state index is -0.384. The van der Waals surface area contributed by atoms with Gasteiger partial charge in [-0.3, -0.25) is 9.59 Å². The van der Waals surface area contributed by atoms with Gasteiger partial charge in [0.05, 0.1) is 0 Å². The normalized spacial score (nSPS) is 15.1. The summed E-state index contributed by atoms with van der Waals surface area (Å²) in [5.41, 5.74) is 0. The third kappa shape index (κ3) is 5.42. The Hall–Kier alpha value is -1.36. The van der Waals surface area contributed by atoms with E-state index in [1.54, 1.807) is 11.9 Å². The van der Waals surface area contributed by atoms with E-state index in [0.717, 1.165) is 38.8 Å². The van der Waals surface area contributed by atoms with Crippen molar-refractivity contribution in [3.63, 3.8) is 0 Å². The number of likely N-dealkylation sites (N-methyl/N-ethyl adjacent to an activating group) is 1. The highest BCUT2D eigenvalue weighted by Gasteiger charge is 2.25. The lowest BCUT2D eigenvalue weighted by atomic mass is 10.2. The summed E-state index contributed by atoms with van der Waals surface area (Å²) in [6, 6.07) is 0. The molecule has 0 unspecified atom stereocenters. The Kier molecular flexibility index (Phi) is 7.18. The maximum Gasteiger partial charge on any atom is 0.312 e. The molecule has 1 rings (SSSR count). The molecule has 0 saturated carbocycles. The van der Waals surface area contributed by atoms with E-state index in [4.69, 9.17) is 0 Å². The van der Waals surface area contributed by atoms with Crippen LogP contribution in [0.25, 0.3) is 0 Å². The van der Waals surface area contributed by atoms with Gasteiger partial charge in [0, 0.05) is 39.8 Å². The zero-order chi connectivity index (χ0) is 14.1. The van der Waals surface area contributed by atoms with Crippen LogP contribution in [0.4, 0.5) is 0 Å². The summed E-state index contributed by atoms with van der Waals surface area (Å²) in [6.45, 7) is 7.11. The van der Waals surface area contributed by atoms with Crippen LogP contribution in [0.2, 0.25) is 0 Å². The van der Waals surface area contributed by atoms with Gasteiger partial charge in [-0.2, -0.15) is 0 Å². The third-order valence-corrected chi connectivity index (χ3v) is 3.34. The first kappa shape index (κ1) is 15.7. The van der Waals surface area contributed by atoms with Crippen LogP contribution in [0.1, 0.15) is 25.7 Å². The summed E-state index contributed by atoms with van der Waals surface area (Å²) in [6.07, 6.45) is 6.01. The molecule has 0 aromatic carbocycles. The minimum absolute atomic E-state index is 0.366. The molecule has 1 N–H and O–H groups in total. The molecule has 1 heterocycles. The lowest BCUT2D eigenvalue weighted by Gasteiger charge is -2.28. The van der Waals surface area contributed by atoms with Crippen molar-refractivity contribution in [2.45, 2.75) is 25.7 Å². The molecule has 0 spiro atoms. The quantitative estimate of drug-likeness (QED) is 0.436. The third-order valence-electron chi connectivity index (χ3n) is 3.34. The zero-order valence-corrected chi connectivity index (χ0v) is 11.9. The Labute approximate surface area is 115 Å². The number of carbonyl (C=O) groups is 2. The smallest absolute Gasteiger partial charge is 0.312 e. The Morgan fingerprint density at radius 3 is 2.58 bits per heavy atom. The van der Waals surface area contributed by atoms with Crippen molar-refractivity contribution in [1.29, 1.82) is 0 Å². The lowest BCUT2D eigenvalue weighted by molar-refractivity contribution is -0.151. The van der Waals surface area contributed by atoms with E-state index in [1.165, 1.54) is 4.90 Å². The molecule has 19 heavy (non-hydrogen) atoms. The van der Waals surface area contributed by atoms with Crippen LogP contribution in [0, 0.1) is 0 Å². The lowest BCUT2D eigenvalue weighted by Crippen LogP contribution is -2.51. The predicted octanol–water partition coefficient (Wildman–Crippen LogP) is 0.623. The van der Waals surface area contributed by atoms with Crippen molar-refractivity contribution >= 4 is 11.8 Å². The Morgan fingerprint density at radius 1 is 1.26 bits per heavy atom. The van der Waals surface area contributed by atoms with Gasteiger partial charge in [0.1, 0.15) is 0 Å². The van der Waals surface area contributed by atoms with Crippen LogP contribution in [-0.2, 0) is 9.59 Å². The van der Waals surface area contributed by atoms with E-state index in [-0.39, 0.29) is 11.8 Å². The Bertz CT molecular complexity index is 312. The molecule has 0 radical (unpaired) electrons. The van der Waals surface area contributed by atoms with Crippen LogP contribution < -0.4 is 5.32 Å². The molecule has 1 aliphatic rings. The van der Waals surface area contributed by atoms with Gasteiger partial charge >= 0.3 is 11.8 Å². The monoisotopic (exact) mass is 267 g/mol. The highest BCUT2D eigenvalue weighted by molar-refractivity contribution is 6.34. The maximum absolute atomic E-state index is 12.0. The highest BCUT2D eigenvalue weighted by Crippen LogP contribution is 2.03. The highest BCUT2D eigenvalue weighted by atomic mass is 16.2. The van der Waals surface area contributed by atoms with E-state index < -0.39 is 0 Å². The molecule has 0 aliphatic carbocycles. The van der Waals surface area contributed by atoms with Crippen LogP contribution in [0.3, 0.4) is 0 Å². The van der Waals surface area contributed by atoms with Gasteiger partial charge in [-0.25, -0.2) is 0 Å². The molecule has 1 saturated heterocycles. The molecule has 108 valence electrons. The fraction of sp³-hybridized carbons (Fsp3) is 0.714. The predicted molar refractivity (Wildman–Crippen MR) is 75.8 cm³/mol. The summed E-state index contributed by atoms with van der Waals surface area (Å²) in [7, 11) is 1.70. The molecular weight excluding hydrogens is 242 g/mol. The fourth-order valence-corrected chi connectivity index (χ4v) is 2.08. The molecule has 1 aliphatic heterocycles. The Morgan fingerprint density at radius 2 is 1.95 bits per heavy atom. The van der Waals surface area contributed by atoms with Gasteiger partial charge in [-0.15, -0.1) is 6.58 Å². The van der Waals surface area contributed by atoms with E-state index in [9.17, 15) is 9.59 Å². The number of allylic oxidation sites excluding steroid dienone is 1. The molecule has 0 aromatic heterocycles. The summed E-state index contributed by atoms with van der Waals surface area (Å²) in [5, 5.41) is 3.16. The largest absolute Gasteiger partial charge is 0.338 e. The number of carbonyl (C=O) groups excluding carboxylic acids is 2. The maximum atomic E-state index is 12.0. The van der Waals surface area contributed by atoms with Crippen LogP contribution >= 0.6 is 0 Å². The average molecular weight is 267 g/mol. The number of hydrogen-bond donors (Lipinski definition) is 1. The fourth-order valence-electron chi connectivity index (χ4n) is 2.08. The molecule has 0 aromatic rings. The topological polar surface area (TPSA) is 52.7 Å². The van der Waals surface area contributed by atoms with Crippen molar-refractivity contribution in [1.82, 2.24) is 15.1 Å². The molecule has 5 heteroatoms. The number of piperazine rings is 1. The summed E-state index contributed by atoms with van der Waals surface area (Å²) >= 11 is 0. The van der Waals surface area contributed by atoms with Crippen molar-refractivity contribution in [2.24, 2.45) is 0 Å². The number of nitrogens with one attached hydrogen (secondary N) is 1. The van der Waals surface area contributed by atoms with E-state index in [1.807, 2.05) is 6.08 Å². The van der Waals surface area contributed by atoms with Gasteiger partial charge in [-0.05, 0) is 19.3 Å². The molecule has 2 amide bonds. The second kappa shape index (κ2) is 8.69. The number of rotatable bonds is 6. The second-order valence-electron chi connectivity index (χ2n) is 4.91. The zero-order valence-electron chi connectivity index (χ0n) is 11.9. The average Bonchev–Trinajstić information content (AvgIpc) is 2.46. The first-order chi connectivity index (χ1) is 9.16. The summed E-state index contributed by atoms with van der Waals surface area (Å²) in [4.78, 5) is 27.1. The van der Waals surface area contributed by atoms with Crippen LogP contribution in [0.5, 0.6) is 0 Å². The van der Waals surface area contributed by atoms with Crippen molar-refractivity contribution < 1.29 is 9.59 Å². The first-order valence-electron chi connectivity index (χ1n) is 7.02. The van der Waals surface area contributed by atoms with Gasteiger partial charge in [-0.1, -0.05) is 12.5 Å². The molecule has 0 bridgehead atoms. The minimum Gasteiger partial charge on any atom is -0.338 e. The molecule has 1 fully saturated rings. The number of unbranched alkanes of at least 4 members (excludes halogenated alkanes) is 3. The summed E-state index contributed by atoms with van der Waals surface area (Å²) in [5.74, 6) is -0.749. The number of hydrogen-bond acceptors (Lipinski definition) is 3. The van der Waals surface area contributed by atoms with Gasteiger partial charge < -0.3 is 15.1 Å². The number of amides is 2. The SMILES string of the molecule is C=CCCCCCN(C)C(=O)C(=O)N1CCNCC1. The van der Waals surface area contributed by atoms with Crippen molar-refractivity contribution in [3.8, 4) is 0 Å². The van der Waals surface area contributed by atoms with Crippen molar-refractivity contribution in [2.75, 3.05) is 39.8 Å².